The van der Waals surface area contributed by atoms with Gasteiger partial charge in [0.25, 0.3) is 15.9 Å². The lowest BCUT2D eigenvalue weighted by molar-refractivity contribution is -0.189. The maximum absolute atomic E-state index is 13.1. The molecular weight excluding hydrogens is 989 g/mol. The zero-order valence-corrected chi connectivity index (χ0v) is 41.9. The van der Waals surface area contributed by atoms with Gasteiger partial charge in [0.2, 0.25) is 0 Å². The van der Waals surface area contributed by atoms with Gasteiger partial charge in [0.1, 0.15) is 14.5 Å². The molecule has 1 aromatic rings. The number of sulfonamides is 1. The number of aliphatic hydroxyl groups is 1. The van der Waals surface area contributed by atoms with Gasteiger partial charge in [-0.1, -0.05) is 6.92 Å². The highest BCUT2D eigenvalue weighted by atomic mass is 32.3. The second kappa shape index (κ2) is 25.2. The van der Waals surface area contributed by atoms with E-state index in [-0.39, 0.29) is 16.2 Å². The van der Waals surface area contributed by atoms with E-state index in [0.717, 1.165) is 75.3 Å². The molecule has 3 N–H and O–H groups in total. The minimum Gasteiger partial charge on any atom is -0.450 e. The second-order valence-electron chi connectivity index (χ2n) is 15.4. The van der Waals surface area contributed by atoms with E-state index in [1.807, 2.05) is 0 Å². The van der Waals surface area contributed by atoms with Crippen LogP contribution in [0.15, 0.2) is 14.5 Å². The lowest BCUT2D eigenvalue weighted by atomic mass is 10.1. The molecule has 1 aliphatic rings. The number of rotatable bonds is 23. The van der Waals surface area contributed by atoms with Crippen molar-refractivity contribution in [3.63, 3.8) is 0 Å². The number of sulfone groups is 1. The molecule has 0 spiro atoms. The van der Waals surface area contributed by atoms with Crippen molar-refractivity contribution in [3.8, 4) is 0 Å². The van der Waals surface area contributed by atoms with Crippen molar-refractivity contribution < 1.29 is 113 Å². The molecule has 388 valence electrons. The number of carbonyl (C=O) groups is 10. The molecule has 29 heteroatoms. The third-order valence-corrected chi connectivity index (χ3v) is 15.1. The van der Waals surface area contributed by atoms with Crippen LogP contribution in [0.2, 0.25) is 0 Å². The van der Waals surface area contributed by atoms with Crippen LogP contribution in [0.25, 0.3) is 0 Å². The summed E-state index contributed by atoms with van der Waals surface area (Å²) in [5.74, 6) is -12.7. The van der Waals surface area contributed by atoms with E-state index in [1.54, 1.807) is 11.6 Å². The Morgan fingerprint density at radius 2 is 0.870 bits per heavy atom. The van der Waals surface area contributed by atoms with Crippen molar-refractivity contribution in [2.24, 2.45) is 0 Å². The fraction of sp³-hybridized carbons (Fsp3) is 0.650. The van der Waals surface area contributed by atoms with Crippen LogP contribution in [-0.2, 0) is 110 Å². The summed E-state index contributed by atoms with van der Waals surface area (Å²) >= 11 is 0.466. The van der Waals surface area contributed by atoms with Gasteiger partial charge in [0.15, 0.2) is 64.8 Å². The Bertz CT molecular complexity index is 2340. The third kappa shape index (κ3) is 16.7. The number of carbonyl (C=O) groups excluding carboxylic acids is 10. The van der Waals surface area contributed by atoms with E-state index in [9.17, 15) is 69.9 Å². The topological polar surface area (TPSA) is 366 Å². The van der Waals surface area contributed by atoms with Crippen LogP contribution in [0.1, 0.15) is 101 Å². The Labute approximate surface area is 400 Å². The van der Waals surface area contributed by atoms with E-state index in [0.29, 0.717) is 17.9 Å². The molecule has 12 atom stereocenters. The summed E-state index contributed by atoms with van der Waals surface area (Å²) in [6.07, 6.45) is -16.5. The number of fused-ring (bicyclic) bond motifs is 1. The van der Waals surface area contributed by atoms with Gasteiger partial charge in [-0.25, -0.2) is 64.7 Å². The van der Waals surface area contributed by atoms with Crippen molar-refractivity contribution in [2.75, 3.05) is 6.54 Å². The molecule has 0 fully saturated rings. The van der Waals surface area contributed by atoms with Crippen LogP contribution in [0, 0.1) is 0 Å². The molecule has 0 aliphatic carbocycles. The predicted molar refractivity (Wildman–Crippen MR) is 229 cm³/mol. The highest BCUT2D eigenvalue weighted by molar-refractivity contribution is 7.95. The van der Waals surface area contributed by atoms with Gasteiger partial charge < -0.3 is 53.1 Å². The Morgan fingerprint density at radius 3 is 1.16 bits per heavy atom. The van der Waals surface area contributed by atoms with Crippen LogP contribution in [0.5, 0.6) is 0 Å². The molecule has 69 heavy (non-hydrogen) atoms. The van der Waals surface area contributed by atoms with E-state index >= 15 is 0 Å². The average Bonchev–Trinajstić information content (AvgIpc) is 3.73. The molecule has 1 aliphatic heterocycles. The summed E-state index contributed by atoms with van der Waals surface area (Å²) < 4.78 is 97.2. The molecule has 1 amide bonds. The molecule has 2 rings (SSSR count). The first-order valence-corrected chi connectivity index (χ1v) is 24.8. The van der Waals surface area contributed by atoms with Gasteiger partial charge >= 0.3 is 53.7 Å². The quantitative estimate of drug-likeness (QED) is 0.0921. The highest BCUT2D eigenvalue weighted by Crippen LogP contribution is 2.42. The molecule has 0 saturated heterocycles. The van der Waals surface area contributed by atoms with Crippen LogP contribution in [0.4, 0.5) is 0 Å². The fourth-order valence-electron chi connectivity index (χ4n) is 5.31. The highest BCUT2D eigenvalue weighted by Gasteiger charge is 2.41. The first-order chi connectivity index (χ1) is 31.7. The monoisotopic (exact) mass is 1040 g/mol. The van der Waals surface area contributed by atoms with Crippen molar-refractivity contribution in [2.45, 2.75) is 170 Å². The summed E-state index contributed by atoms with van der Waals surface area (Å²) in [7, 11) is -8.50. The van der Waals surface area contributed by atoms with Crippen molar-refractivity contribution in [3.05, 3.63) is 11.6 Å². The SMILES string of the molecule is CCN[C@H]1C[C@H](C)S(=O)(=O)c2sc(S(=O)(=O)NC(=O)[C@H](C)OC(=O)[C@H](C)OC(=O)[C@H](C)OC(=O)[C@H](C)OC(=O)[C@H](C)OC(=O)[C@H](C)OC(=O)[C@H](C)OC(=O)[C@H](C)OC(=O)[C@H](C)OC(=O)[C@H](C)O)cc21. The van der Waals surface area contributed by atoms with E-state index < -0.39 is 156 Å². The minimum atomic E-state index is -4.65. The van der Waals surface area contributed by atoms with Crippen LogP contribution >= 0.6 is 11.3 Å². The van der Waals surface area contributed by atoms with Crippen molar-refractivity contribution in [1.29, 1.82) is 0 Å². The van der Waals surface area contributed by atoms with Gasteiger partial charge in [0.05, 0.1) is 5.25 Å². The molecule has 0 bridgehead atoms. The Hall–Kier alpha value is -5.78. The standard InChI is InChI=1S/C40H56N2O24S3/c1-13-41-28-14-16(2)68(54,55)40-27(28)15-29(67-40)69(56,57)42-30(44)18(4)58-32(46)20(6)60-34(48)22(8)62-36(50)24(10)64-38(52)26(12)66-39(53)25(11)65-37(51)23(9)63-35(49)21(7)61-33(47)19(5)59-31(45)17(3)43/h15-26,28,41,43H,13-14H2,1-12H3,(H,42,44)/t16-,17-,18-,19-,20-,21-,22-,23-,24-,25-,26-,28-/m0/s1. The van der Waals surface area contributed by atoms with Gasteiger partial charge in [0, 0.05) is 11.6 Å². The van der Waals surface area contributed by atoms with Crippen LogP contribution < -0.4 is 10.0 Å². The number of ether oxygens (including phenoxy) is 9. The zero-order chi connectivity index (χ0) is 53.0. The Balaban J connectivity index is 1.84. The maximum atomic E-state index is 13.1. The molecular formula is C40H56N2O24S3. The van der Waals surface area contributed by atoms with Crippen molar-refractivity contribution in [1.82, 2.24) is 10.0 Å². The van der Waals surface area contributed by atoms with E-state index in [4.69, 9.17) is 37.9 Å². The summed E-state index contributed by atoms with van der Waals surface area (Å²) in [6, 6.07) is 0.698. The van der Waals surface area contributed by atoms with Gasteiger partial charge in [-0.15, -0.1) is 11.3 Å². The number of thiophene rings is 1. The van der Waals surface area contributed by atoms with Crippen LogP contribution in [0.3, 0.4) is 0 Å². The van der Waals surface area contributed by atoms with Gasteiger partial charge in [-0.3, -0.25) is 4.79 Å². The number of aliphatic hydroxyl groups excluding tert-OH is 1. The molecule has 0 unspecified atom stereocenters. The number of hydrogen-bond acceptors (Lipinski definition) is 26. The lowest BCUT2D eigenvalue weighted by Crippen LogP contribution is -2.42. The first kappa shape index (κ1) is 59.3. The zero-order valence-electron chi connectivity index (χ0n) is 39.5. The number of hydrogen-bond donors (Lipinski definition) is 3. The van der Waals surface area contributed by atoms with E-state index in [1.165, 1.54) is 6.92 Å². The number of esters is 9. The molecule has 0 saturated carbocycles. The number of amides is 1. The molecule has 1 aromatic heterocycles. The largest absolute Gasteiger partial charge is 0.450 e. The first-order valence-electron chi connectivity index (χ1n) is 21.0. The summed E-state index contributed by atoms with van der Waals surface area (Å²) in [5.41, 5.74) is 0.241. The van der Waals surface area contributed by atoms with Crippen molar-refractivity contribution >= 4 is 90.8 Å². The third-order valence-electron chi connectivity index (χ3n) is 9.39. The lowest BCUT2D eigenvalue weighted by Gasteiger charge is -2.27. The summed E-state index contributed by atoms with van der Waals surface area (Å²) in [4.78, 5) is 124. The molecule has 2 heterocycles. The predicted octanol–water partition coefficient (Wildman–Crippen LogP) is -0.464. The second-order valence-corrected chi connectivity index (χ2v) is 20.9. The Morgan fingerprint density at radius 1 is 0.580 bits per heavy atom. The Kier molecular flexibility index (Phi) is 21.7. The number of nitrogens with one attached hydrogen (secondary N) is 2. The van der Waals surface area contributed by atoms with Gasteiger partial charge in [-0.05, 0) is 95.2 Å². The maximum Gasteiger partial charge on any atom is 0.347 e. The summed E-state index contributed by atoms with van der Waals surface area (Å²) in [5, 5.41) is 11.5. The summed E-state index contributed by atoms with van der Waals surface area (Å²) in [6.45, 7) is 14.3. The van der Waals surface area contributed by atoms with E-state index in [2.05, 4.69) is 10.1 Å². The van der Waals surface area contributed by atoms with Gasteiger partial charge in [-0.2, -0.15) is 0 Å². The molecule has 26 nitrogen and oxygen atoms in total. The van der Waals surface area contributed by atoms with Crippen LogP contribution in [-0.4, -0.2) is 154 Å². The fourth-order valence-corrected chi connectivity index (χ4v) is 10.3. The smallest absolute Gasteiger partial charge is 0.347 e. The normalized spacial score (nSPS) is 19.5. The molecule has 0 aromatic carbocycles. The molecule has 0 radical (unpaired) electrons. The average molecular weight is 1050 g/mol. The minimum absolute atomic E-state index is 0.155.